The fourth-order valence-corrected chi connectivity index (χ4v) is 2.38. The van der Waals surface area contributed by atoms with Crippen molar-refractivity contribution in [3.05, 3.63) is 16.1 Å². The monoisotopic (exact) mass is 257 g/mol. The fraction of sp³-hybridized carbons (Fsp3) is 0.556. The van der Waals surface area contributed by atoms with Crippen LogP contribution in [0, 0.1) is 0 Å². The van der Waals surface area contributed by atoms with Crippen molar-refractivity contribution < 1.29 is 4.79 Å². The second kappa shape index (κ2) is 3.82. The van der Waals surface area contributed by atoms with Gasteiger partial charge < -0.3 is 9.47 Å². The van der Waals surface area contributed by atoms with Crippen LogP contribution in [0.5, 0.6) is 0 Å². The second-order valence-corrected chi connectivity index (χ2v) is 4.28. The van der Waals surface area contributed by atoms with Crippen molar-refractivity contribution in [1.82, 2.24) is 14.5 Å². The molecule has 0 N–H and O–H groups in total. The molecule has 1 aliphatic heterocycles. The van der Waals surface area contributed by atoms with E-state index in [9.17, 15) is 4.79 Å². The van der Waals surface area contributed by atoms with Crippen LogP contribution in [-0.4, -0.2) is 34.3 Å². The number of hydrogen-bond acceptors (Lipinski definition) is 3. The third kappa shape index (κ3) is 1.62. The van der Waals surface area contributed by atoms with Crippen LogP contribution in [0.1, 0.15) is 22.6 Å². The Hall–Kier alpha value is -0.680. The molecule has 0 amide bonds. The molecule has 0 unspecified atom stereocenters. The van der Waals surface area contributed by atoms with Gasteiger partial charge in [0.1, 0.15) is 5.69 Å². The Bertz CT molecular complexity index is 361. The Morgan fingerprint density at radius 1 is 1.50 bits per heavy atom. The SMILES string of the molecule is CN1CCCn2c(Br)nc(C=O)c2C1. The molecule has 0 bridgehead atoms. The molecule has 2 rings (SSSR count). The maximum absolute atomic E-state index is 10.8. The van der Waals surface area contributed by atoms with Crippen LogP contribution < -0.4 is 0 Å². The standard InChI is InChI=1S/C9H12BrN3O/c1-12-3-2-4-13-8(5-12)7(6-14)11-9(13)10/h6H,2-5H2,1H3. The molecule has 0 atom stereocenters. The van der Waals surface area contributed by atoms with Crippen molar-refractivity contribution in [2.75, 3.05) is 13.6 Å². The first-order chi connectivity index (χ1) is 6.72. The summed E-state index contributed by atoms with van der Waals surface area (Å²) < 4.78 is 2.85. The number of carbonyl (C=O) groups is 1. The topological polar surface area (TPSA) is 38.1 Å². The molecule has 76 valence electrons. The third-order valence-corrected chi connectivity index (χ3v) is 3.12. The molecule has 0 aromatic carbocycles. The minimum absolute atomic E-state index is 0.561. The normalized spacial score (nSPS) is 17.6. The van der Waals surface area contributed by atoms with E-state index in [0.29, 0.717) is 5.69 Å². The van der Waals surface area contributed by atoms with E-state index in [1.54, 1.807) is 0 Å². The Kier molecular flexibility index (Phi) is 2.69. The lowest BCUT2D eigenvalue weighted by molar-refractivity contribution is 0.111. The number of aldehydes is 1. The molecule has 0 aliphatic carbocycles. The summed E-state index contributed by atoms with van der Waals surface area (Å²) in [7, 11) is 2.06. The molecule has 4 nitrogen and oxygen atoms in total. The first-order valence-electron chi connectivity index (χ1n) is 4.61. The number of nitrogens with zero attached hydrogens (tertiary/aromatic N) is 3. The lowest BCUT2D eigenvalue weighted by atomic mass is 10.3. The van der Waals surface area contributed by atoms with Crippen LogP contribution in [0.15, 0.2) is 4.73 Å². The average molecular weight is 258 g/mol. The van der Waals surface area contributed by atoms with Gasteiger partial charge in [0.2, 0.25) is 0 Å². The zero-order valence-corrected chi connectivity index (χ0v) is 9.62. The van der Waals surface area contributed by atoms with Gasteiger partial charge >= 0.3 is 0 Å². The molecule has 1 aromatic heterocycles. The van der Waals surface area contributed by atoms with Crippen molar-refractivity contribution in [2.45, 2.75) is 19.5 Å². The van der Waals surface area contributed by atoms with E-state index in [-0.39, 0.29) is 0 Å². The molecule has 1 aromatic rings. The number of rotatable bonds is 1. The summed E-state index contributed by atoms with van der Waals surface area (Å²) in [6.07, 6.45) is 1.92. The maximum Gasteiger partial charge on any atom is 0.178 e. The van der Waals surface area contributed by atoms with Gasteiger partial charge in [-0.3, -0.25) is 4.79 Å². The molecule has 1 aliphatic rings. The molecule has 2 heterocycles. The molecule has 14 heavy (non-hydrogen) atoms. The number of hydrogen-bond donors (Lipinski definition) is 0. The number of fused-ring (bicyclic) bond motifs is 1. The van der Waals surface area contributed by atoms with Crippen LogP contribution in [0.2, 0.25) is 0 Å². The van der Waals surface area contributed by atoms with Crippen molar-refractivity contribution in [3.8, 4) is 0 Å². The predicted octanol–water partition coefficient (Wildman–Crippen LogP) is 1.29. The van der Waals surface area contributed by atoms with Crippen LogP contribution in [0.3, 0.4) is 0 Å². The maximum atomic E-state index is 10.8. The highest BCUT2D eigenvalue weighted by molar-refractivity contribution is 9.10. The van der Waals surface area contributed by atoms with Gasteiger partial charge in [-0.1, -0.05) is 0 Å². The van der Waals surface area contributed by atoms with Gasteiger partial charge in [0.05, 0.1) is 5.69 Å². The Balaban J connectivity index is 2.46. The van der Waals surface area contributed by atoms with Crippen molar-refractivity contribution >= 4 is 22.2 Å². The van der Waals surface area contributed by atoms with Gasteiger partial charge in [0.15, 0.2) is 11.0 Å². The Labute approximate surface area is 91.0 Å². The number of imidazole rings is 1. The van der Waals surface area contributed by atoms with E-state index in [0.717, 1.165) is 42.8 Å². The first-order valence-corrected chi connectivity index (χ1v) is 5.40. The summed E-state index contributed by atoms with van der Waals surface area (Å²) in [5.74, 6) is 0. The van der Waals surface area contributed by atoms with Crippen LogP contribution >= 0.6 is 15.9 Å². The summed E-state index contributed by atoms with van der Waals surface area (Å²) in [4.78, 5) is 17.2. The van der Waals surface area contributed by atoms with Crippen LogP contribution in [-0.2, 0) is 13.1 Å². The van der Waals surface area contributed by atoms with Gasteiger partial charge in [0.25, 0.3) is 0 Å². The molecule has 0 fully saturated rings. The molecular formula is C9H12BrN3O. The van der Waals surface area contributed by atoms with E-state index in [4.69, 9.17) is 0 Å². The van der Waals surface area contributed by atoms with Gasteiger partial charge in [-0.05, 0) is 35.9 Å². The highest BCUT2D eigenvalue weighted by Crippen LogP contribution is 2.20. The van der Waals surface area contributed by atoms with Gasteiger partial charge in [-0.25, -0.2) is 4.98 Å². The molecule has 0 spiro atoms. The zero-order chi connectivity index (χ0) is 10.1. The zero-order valence-electron chi connectivity index (χ0n) is 8.03. The summed E-state index contributed by atoms with van der Waals surface area (Å²) >= 11 is 3.37. The predicted molar refractivity (Wildman–Crippen MR) is 56.3 cm³/mol. The Morgan fingerprint density at radius 3 is 3.00 bits per heavy atom. The minimum Gasteiger partial charge on any atom is -0.321 e. The average Bonchev–Trinajstić information content (AvgIpc) is 2.36. The van der Waals surface area contributed by atoms with Crippen molar-refractivity contribution in [3.63, 3.8) is 0 Å². The lowest BCUT2D eigenvalue weighted by Crippen LogP contribution is -2.17. The number of carbonyl (C=O) groups excluding carboxylic acids is 1. The molecule has 0 radical (unpaired) electrons. The second-order valence-electron chi connectivity index (χ2n) is 3.57. The van der Waals surface area contributed by atoms with Crippen LogP contribution in [0.25, 0.3) is 0 Å². The largest absolute Gasteiger partial charge is 0.321 e. The van der Waals surface area contributed by atoms with Crippen molar-refractivity contribution in [2.24, 2.45) is 0 Å². The first kappa shape index (κ1) is 9.86. The van der Waals surface area contributed by atoms with Crippen LogP contribution in [0.4, 0.5) is 0 Å². The molecule has 0 saturated heterocycles. The lowest BCUT2D eigenvalue weighted by Gasteiger charge is -2.11. The molecule has 5 heteroatoms. The van der Waals surface area contributed by atoms with Gasteiger partial charge in [0, 0.05) is 13.1 Å². The highest BCUT2D eigenvalue weighted by Gasteiger charge is 2.18. The smallest absolute Gasteiger partial charge is 0.178 e. The minimum atomic E-state index is 0.561. The summed E-state index contributed by atoms with van der Waals surface area (Å²) in [5.41, 5.74) is 1.58. The summed E-state index contributed by atoms with van der Waals surface area (Å²) in [6.45, 7) is 2.79. The fourth-order valence-electron chi connectivity index (χ4n) is 1.80. The molecular weight excluding hydrogens is 246 g/mol. The van der Waals surface area contributed by atoms with E-state index in [2.05, 4.69) is 37.4 Å². The number of halogens is 1. The molecule has 0 saturated carbocycles. The van der Waals surface area contributed by atoms with E-state index in [1.165, 1.54) is 0 Å². The van der Waals surface area contributed by atoms with E-state index in [1.807, 2.05) is 0 Å². The number of aromatic nitrogens is 2. The van der Waals surface area contributed by atoms with E-state index < -0.39 is 0 Å². The Morgan fingerprint density at radius 2 is 2.29 bits per heavy atom. The van der Waals surface area contributed by atoms with E-state index >= 15 is 0 Å². The van der Waals surface area contributed by atoms with Gasteiger partial charge in [-0.15, -0.1) is 0 Å². The summed E-state index contributed by atoms with van der Waals surface area (Å²) in [6, 6.07) is 0. The highest BCUT2D eigenvalue weighted by atomic mass is 79.9. The van der Waals surface area contributed by atoms with Crippen molar-refractivity contribution in [1.29, 1.82) is 0 Å². The quantitative estimate of drug-likeness (QED) is 0.712. The van der Waals surface area contributed by atoms with Gasteiger partial charge in [-0.2, -0.15) is 0 Å². The third-order valence-electron chi connectivity index (χ3n) is 2.51. The summed E-state index contributed by atoms with van der Waals surface area (Å²) in [5, 5.41) is 0.